The van der Waals surface area contributed by atoms with Crippen molar-refractivity contribution in [2.24, 2.45) is 5.92 Å². The van der Waals surface area contributed by atoms with Crippen molar-refractivity contribution >= 4 is 22.6 Å². The third-order valence-corrected chi connectivity index (χ3v) is 4.96. The maximum atomic E-state index is 13.0. The quantitative estimate of drug-likeness (QED) is 0.555. The number of alkyl halides is 3. The van der Waals surface area contributed by atoms with Crippen molar-refractivity contribution in [3.8, 4) is 0 Å². The Morgan fingerprint density at radius 1 is 1.19 bits per heavy atom. The zero-order chi connectivity index (χ0) is 22.9. The molecule has 8 heteroatoms. The number of aryl methyl sites for hydroxylation is 1. The van der Waals surface area contributed by atoms with Crippen molar-refractivity contribution < 1.29 is 23.1 Å². The maximum absolute atomic E-state index is 13.0. The second kappa shape index (κ2) is 8.45. The molecule has 0 saturated carbocycles. The number of carbonyl (C=O) groups is 1. The van der Waals surface area contributed by atoms with E-state index in [-0.39, 0.29) is 18.0 Å². The van der Waals surface area contributed by atoms with E-state index in [2.05, 4.69) is 5.32 Å². The van der Waals surface area contributed by atoms with Crippen LogP contribution in [0.2, 0.25) is 0 Å². The number of fused-ring (bicyclic) bond motifs is 1. The minimum atomic E-state index is -4.41. The van der Waals surface area contributed by atoms with Gasteiger partial charge in [0.15, 0.2) is 0 Å². The molecular weight excluding hydrogens is 409 g/mol. The predicted molar refractivity (Wildman–Crippen MR) is 114 cm³/mol. The molecule has 0 aliphatic heterocycles. The van der Waals surface area contributed by atoms with Gasteiger partial charge < -0.3 is 15.0 Å². The van der Waals surface area contributed by atoms with E-state index in [1.165, 1.54) is 12.3 Å². The standard InChI is InChI=1S/C23H23F3N2O3/c1-13(2)11-28-12-18(22(30)31)21(29)17-7-14(3)19(9-20(17)28)27-10-15-5-4-6-16(8-15)23(24,25)26/h4-9,12-13,27H,10-11H2,1-3H3,(H,30,31). The first-order valence-electron chi connectivity index (χ1n) is 9.78. The fourth-order valence-corrected chi connectivity index (χ4v) is 3.49. The monoisotopic (exact) mass is 432 g/mol. The molecule has 0 atom stereocenters. The van der Waals surface area contributed by atoms with Crippen LogP contribution in [0, 0.1) is 12.8 Å². The molecule has 3 rings (SSSR count). The van der Waals surface area contributed by atoms with Crippen molar-refractivity contribution in [2.45, 2.75) is 40.0 Å². The third kappa shape index (κ3) is 4.90. The highest BCUT2D eigenvalue weighted by atomic mass is 19.4. The molecule has 2 aromatic carbocycles. The lowest BCUT2D eigenvalue weighted by Crippen LogP contribution is -2.20. The molecule has 5 nitrogen and oxygen atoms in total. The van der Waals surface area contributed by atoms with Crippen LogP contribution in [0.1, 0.15) is 40.9 Å². The Kier molecular flexibility index (Phi) is 6.10. The second-order valence-corrected chi connectivity index (χ2v) is 7.96. The number of rotatable bonds is 6. The molecule has 0 aliphatic carbocycles. The van der Waals surface area contributed by atoms with Gasteiger partial charge in [0.05, 0.1) is 11.1 Å². The number of halogens is 3. The number of nitrogens with zero attached hydrogens (tertiary/aromatic N) is 1. The third-order valence-electron chi connectivity index (χ3n) is 4.96. The summed E-state index contributed by atoms with van der Waals surface area (Å²) in [5.41, 5.74) is 0.817. The highest BCUT2D eigenvalue weighted by Gasteiger charge is 2.30. The predicted octanol–water partition coefficient (Wildman–Crippen LogP) is 5.30. The fourth-order valence-electron chi connectivity index (χ4n) is 3.49. The highest BCUT2D eigenvalue weighted by molar-refractivity contribution is 5.93. The summed E-state index contributed by atoms with van der Waals surface area (Å²) in [7, 11) is 0. The normalized spacial score (nSPS) is 11.8. The molecule has 2 N–H and O–H groups in total. The van der Waals surface area contributed by atoms with Crippen LogP contribution in [0.4, 0.5) is 18.9 Å². The Bertz CT molecular complexity index is 1200. The van der Waals surface area contributed by atoms with E-state index in [0.29, 0.717) is 34.3 Å². The summed E-state index contributed by atoms with van der Waals surface area (Å²) < 4.78 is 40.6. The Hall–Kier alpha value is -3.29. The van der Waals surface area contributed by atoms with Crippen molar-refractivity contribution in [1.82, 2.24) is 4.57 Å². The first kappa shape index (κ1) is 22.4. The summed E-state index contributed by atoms with van der Waals surface area (Å²) in [5, 5.41) is 12.8. The van der Waals surface area contributed by atoms with E-state index in [9.17, 15) is 27.9 Å². The van der Waals surface area contributed by atoms with Gasteiger partial charge in [-0.2, -0.15) is 13.2 Å². The number of aromatic carboxylic acids is 1. The van der Waals surface area contributed by atoms with Crippen LogP contribution < -0.4 is 10.7 Å². The van der Waals surface area contributed by atoms with Gasteiger partial charge in [-0.3, -0.25) is 4.79 Å². The molecule has 0 unspecified atom stereocenters. The number of anilines is 1. The van der Waals surface area contributed by atoms with Gasteiger partial charge in [-0.15, -0.1) is 0 Å². The van der Waals surface area contributed by atoms with Gasteiger partial charge >= 0.3 is 12.1 Å². The van der Waals surface area contributed by atoms with Crippen LogP contribution in [0.15, 0.2) is 47.4 Å². The number of pyridine rings is 1. The van der Waals surface area contributed by atoms with Crippen molar-refractivity contribution in [1.29, 1.82) is 0 Å². The van der Waals surface area contributed by atoms with Crippen molar-refractivity contribution in [3.63, 3.8) is 0 Å². The maximum Gasteiger partial charge on any atom is 0.416 e. The number of hydrogen-bond donors (Lipinski definition) is 2. The molecular formula is C23H23F3N2O3. The molecule has 164 valence electrons. The van der Waals surface area contributed by atoms with Gasteiger partial charge in [-0.05, 0) is 48.2 Å². The lowest BCUT2D eigenvalue weighted by Gasteiger charge is -2.17. The summed E-state index contributed by atoms with van der Waals surface area (Å²) in [6.45, 7) is 6.38. The van der Waals surface area contributed by atoms with E-state index in [1.807, 2.05) is 13.8 Å². The second-order valence-electron chi connectivity index (χ2n) is 7.96. The first-order valence-corrected chi connectivity index (χ1v) is 9.78. The van der Waals surface area contributed by atoms with Gasteiger partial charge in [0.1, 0.15) is 5.56 Å². The average molecular weight is 432 g/mol. The highest BCUT2D eigenvalue weighted by Crippen LogP contribution is 2.30. The largest absolute Gasteiger partial charge is 0.477 e. The first-order chi connectivity index (χ1) is 14.5. The number of carboxylic acids is 1. The Morgan fingerprint density at radius 3 is 2.52 bits per heavy atom. The van der Waals surface area contributed by atoms with Crippen LogP contribution in [0.5, 0.6) is 0 Å². The number of hydrogen-bond acceptors (Lipinski definition) is 3. The molecule has 0 saturated heterocycles. The summed E-state index contributed by atoms with van der Waals surface area (Å²) in [4.78, 5) is 24.2. The van der Waals surface area contributed by atoms with Gasteiger partial charge in [0, 0.05) is 30.4 Å². The average Bonchev–Trinajstić information content (AvgIpc) is 2.68. The zero-order valence-electron chi connectivity index (χ0n) is 17.4. The van der Waals surface area contributed by atoms with Crippen molar-refractivity contribution in [2.75, 3.05) is 5.32 Å². The minimum Gasteiger partial charge on any atom is -0.477 e. The summed E-state index contributed by atoms with van der Waals surface area (Å²) >= 11 is 0. The van der Waals surface area contributed by atoms with Gasteiger partial charge in [0.25, 0.3) is 0 Å². The van der Waals surface area contributed by atoms with Crippen molar-refractivity contribution in [3.05, 3.63) is 75.1 Å². The fraction of sp³-hybridized carbons (Fsp3) is 0.304. The lowest BCUT2D eigenvalue weighted by atomic mass is 10.1. The molecule has 1 aromatic heterocycles. The smallest absolute Gasteiger partial charge is 0.416 e. The van der Waals surface area contributed by atoms with E-state index in [1.54, 1.807) is 29.7 Å². The van der Waals surface area contributed by atoms with Crippen LogP contribution in [-0.2, 0) is 19.3 Å². The minimum absolute atomic E-state index is 0.165. The molecule has 0 aliphatic rings. The number of nitrogens with one attached hydrogen (secondary N) is 1. The van der Waals surface area contributed by atoms with Crippen LogP contribution >= 0.6 is 0 Å². The SMILES string of the molecule is Cc1cc2c(=O)c(C(=O)O)cn(CC(C)C)c2cc1NCc1cccc(C(F)(F)F)c1. The zero-order valence-corrected chi connectivity index (χ0v) is 17.4. The van der Waals surface area contributed by atoms with Crippen LogP contribution in [0.3, 0.4) is 0 Å². The van der Waals surface area contributed by atoms with Gasteiger partial charge in [-0.25, -0.2) is 4.79 Å². The van der Waals surface area contributed by atoms with Crippen LogP contribution in [-0.4, -0.2) is 15.6 Å². The van der Waals surface area contributed by atoms with E-state index in [0.717, 1.165) is 12.1 Å². The molecule has 0 fully saturated rings. The number of benzene rings is 2. The molecule has 0 radical (unpaired) electrons. The van der Waals surface area contributed by atoms with Gasteiger partial charge in [-0.1, -0.05) is 26.0 Å². The van der Waals surface area contributed by atoms with E-state index in [4.69, 9.17) is 0 Å². The number of carboxylic acid groups (broad SMARTS) is 1. The summed E-state index contributed by atoms with van der Waals surface area (Å²) in [6, 6.07) is 8.45. The molecule has 0 amide bonds. The van der Waals surface area contributed by atoms with E-state index < -0.39 is 23.1 Å². The molecule has 0 spiro atoms. The van der Waals surface area contributed by atoms with E-state index >= 15 is 0 Å². The lowest BCUT2D eigenvalue weighted by molar-refractivity contribution is -0.137. The summed E-state index contributed by atoms with van der Waals surface area (Å²) in [5.74, 6) is -1.08. The topological polar surface area (TPSA) is 71.3 Å². The Morgan fingerprint density at radius 2 is 1.90 bits per heavy atom. The van der Waals surface area contributed by atoms with Crippen LogP contribution in [0.25, 0.3) is 10.9 Å². The molecule has 3 aromatic rings. The summed E-state index contributed by atoms with van der Waals surface area (Å²) in [6.07, 6.45) is -3.07. The Balaban J connectivity index is 2.02. The molecule has 1 heterocycles. The Labute approximate surface area is 177 Å². The number of aromatic nitrogens is 1. The molecule has 0 bridgehead atoms. The molecule has 31 heavy (non-hydrogen) atoms. The van der Waals surface area contributed by atoms with Gasteiger partial charge in [0.2, 0.25) is 5.43 Å².